The Labute approximate surface area is 331 Å². The molecule has 2 aliphatic rings. The van der Waals surface area contributed by atoms with Crippen LogP contribution in [0.25, 0.3) is 6.08 Å². The first kappa shape index (κ1) is 39.9. The van der Waals surface area contributed by atoms with Gasteiger partial charge >= 0.3 is 0 Å². The van der Waals surface area contributed by atoms with Crippen molar-refractivity contribution in [2.45, 2.75) is 39.4 Å². The summed E-state index contributed by atoms with van der Waals surface area (Å²) in [5, 5.41) is 0. The van der Waals surface area contributed by atoms with Crippen LogP contribution in [0.15, 0.2) is 109 Å². The molecule has 0 bridgehead atoms. The molecule has 2 saturated heterocycles. The standard InChI is InChI=1S/C46H54N6O4/c1-35(53)41-17-10-37(11-18-41)16-23-45(55)52(34-40-14-21-43(22-15-40)50-30-28-49(29-31-50)36(2)54)44(32-38-8-6-5-7-9-38)46(56)51-26-24-48(25-27-51)33-39-12-19-42(20-13-39)47(3)4/h5-23,44H,24-34H2,1-4H3/b23-16+/t44-/m0/s1. The highest BCUT2D eigenvalue weighted by molar-refractivity contribution is 5.96. The Hall–Kier alpha value is -5.74. The van der Waals surface area contributed by atoms with Crippen molar-refractivity contribution in [1.29, 1.82) is 0 Å². The van der Waals surface area contributed by atoms with Gasteiger partial charge in [-0.2, -0.15) is 0 Å². The predicted octanol–water partition coefficient (Wildman–Crippen LogP) is 5.62. The van der Waals surface area contributed by atoms with Gasteiger partial charge in [0, 0.05) is 116 Å². The molecule has 0 saturated carbocycles. The van der Waals surface area contributed by atoms with Crippen LogP contribution in [-0.4, -0.2) is 116 Å². The number of ketones is 1. The van der Waals surface area contributed by atoms with E-state index in [4.69, 9.17) is 0 Å². The molecule has 0 aliphatic carbocycles. The number of rotatable bonds is 13. The van der Waals surface area contributed by atoms with Gasteiger partial charge in [0.25, 0.3) is 0 Å². The Balaban J connectivity index is 1.23. The third-order valence-corrected chi connectivity index (χ3v) is 10.9. The van der Waals surface area contributed by atoms with Gasteiger partial charge in [0.15, 0.2) is 5.78 Å². The zero-order valence-corrected chi connectivity index (χ0v) is 33.1. The fourth-order valence-corrected chi connectivity index (χ4v) is 7.39. The van der Waals surface area contributed by atoms with Gasteiger partial charge in [-0.1, -0.05) is 78.9 Å². The van der Waals surface area contributed by atoms with Crippen LogP contribution in [0.2, 0.25) is 0 Å². The van der Waals surface area contributed by atoms with Crippen LogP contribution >= 0.6 is 0 Å². The van der Waals surface area contributed by atoms with E-state index < -0.39 is 6.04 Å². The number of hydrogen-bond donors (Lipinski definition) is 0. The number of hydrogen-bond acceptors (Lipinski definition) is 7. The molecule has 2 aliphatic heterocycles. The zero-order valence-electron chi connectivity index (χ0n) is 33.1. The number of benzene rings is 4. The Kier molecular flexibility index (Phi) is 13.4. The lowest BCUT2D eigenvalue weighted by Crippen LogP contribution is -2.56. The Bertz CT molecular complexity index is 1960. The van der Waals surface area contributed by atoms with Crippen molar-refractivity contribution in [3.05, 3.63) is 137 Å². The largest absolute Gasteiger partial charge is 0.378 e. The summed E-state index contributed by atoms with van der Waals surface area (Å²) in [6, 6.07) is 33.1. The van der Waals surface area contributed by atoms with E-state index in [1.807, 2.05) is 78.5 Å². The summed E-state index contributed by atoms with van der Waals surface area (Å²) in [6.07, 6.45) is 3.66. The number of nitrogens with zero attached hydrogens (tertiary/aromatic N) is 6. The van der Waals surface area contributed by atoms with Gasteiger partial charge in [0.1, 0.15) is 6.04 Å². The van der Waals surface area contributed by atoms with E-state index in [0.29, 0.717) is 38.2 Å². The summed E-state index contributed by atoms with van der Waals surface area (Å²) in [5.41, 5.74) is 6.75. The third-order valence-electron chi connectivity index (χ3n) is 10.9. The number of piperazine rings is 2. The molecule has 6 rings (SSSR count). The van der Waals surface area contributed by atoms with Crippen LogP contribution in [0.1, 0.15) is 46.5 Å². The first-order valence-corrected chi connectivity index (χ1v) is 19.5. The summed E-state index contributed by atoms with van der Waals surface area (Å²) in [6.45, 7) is 9.71. The minimum Gasteiger partial charge on any atom is -0.378 e. The normalized spacial score (nSPS) is 15.5. The molecular weight excluding hydrogens is 701 g/mol. The van der Waals surface area contributed by atoms with Gasteiger partial charge in [0.05, 0.1) is 0 Å². The van der Waals surface area contributed by atoms with Crippen LogP contribution < -0.4 is 9.80 Å². The van der Waals surface area contributed by atoms with Crippen LogP contribution in [0.3, 0.4) is 0 Å². The lowest BCUT2D eigenvalue weighted by atomic mass is 10.0. The maximum absolute atomic E-state index is 14.7. The molecule has 4 aromatic carbocycles. The number of anilines is 2. The smallest absolute Gasteiger partial charge is 0.247 e. The topological polar surface area (TPSA) is 87.7 Å². The maximum Gasteiger partial charge on any atom is 0.247 e. The van der Waals surface area contributed by atoms with Crippen molar-refractivity contribution < 1.29 is 19.2 Å². The van der Waals surface area contributed by atoms with Crippen molar-refractivity contribution in [2.24, 2.45) is 0 Å². The molecule has 10 heteroatoms. The second-order valence-electron chi connectivity index (χ2n) is 15.0. The zero-order chi connectivity index (χ0) is 39.6. The SMILES string of the molecule is CC(=O)c1ccc(/C=C/C(=O)N(Cc2ccc(N3CCN(C(C)=O)CC3)cc2)[C@@H](Cc2ccccc2)C(=O)N2CCN(Cc3ccc(N(C)C)cc3)CC2)cc1. The van der Waals surface area contributed by atoms with E-state index in [1.165, 1.54) is 18.6 Å². The van der Waals surface area contributed by atoms with Gasteiger partial charge < -0.3 is 24.5 Å². The fraction of sp³-hybridized carbons (Fsp3) is 0.348. The molecule has 1 atom stereocenters. The van der Waals surface area contributed by atoms with Crippen molar-refractivity contribution in [2.75, 3.05) is 76.3 Å². The first-order valence-electron chi connectivity index (χ1n) is 19.5. The third kappa shape index (κ3) is 10.5. The highest BCUT2D eigenvalue weighted by Crippen LogP contribution is 2.23. The quantitative estimate of drug-likeness (QED) is 0.129. The summed E-state index contributed by atoms with van der Waals surface area (Å²) in [4.78, 5) is 65.1. The van der Waals surface area contributed by atoms with Crippen LogP contribution in [-0.2, 0) is 33.9 Å². The fourth-order valence-electron chi connectivity index (χ4n) is 7.39. The summed E-state index contributed by atoms with van der Waals surface area (Å²) in [7, 11) is 4.07. The molecule has 0 radical (unpaired) electrons. The second kappa shape index (κ2) is 18.7. The molecule has 4 aromatic rings. The minimum absolute atomic E-state index is 0.0196. The number of Topliss-reactive ketones (excluding diaryl/α,β-unsaturated/α-hetero) is 1. The van der Waals surface area contributed by atoms with Crippen molar-refractivity contribution in [1.82, 2.24) is 19.6 Å². The number of carbonyl (C=O) groups is 4. The van der Waals surface area contributed by atoms with E-state index in [2.05, 4.69) is 51.1 Å². The lowest BCUT2D eigenvalue weighted by Gasteiger charge is -2.39. The molecular formula is C46H54N6O4. The Morgan fingerprint density at radius 3 is 1.86 bits per heavy atom. The lowest BCUT2D eigenvalue weighted by molar-refractivity contribution is -0.145. The molecule has 292 valence electrons. The number of carbonyl (C=O) groups excluding carboxylic acids is 4. The van der Waals surface area contributed by atoms with Gasteiger partial charge in [-0.05, 0) is 59.5 Å². The molecule has 0 unspecified atom stereocenters. The molecule has 10 nitrogen and oxygen atoms in total. The molecule has 2 fully saturated rings. The van der Waals surface area contributed by atoms with Gasteiger partial charge in [-0.25, -0.2) is 0 Å². The average molecular weight is 755 g/mol. The van der Waals surface area contributed by atoms with Crippen molar-refractivity contribution >= 4 is 41.0 Å². The minimum atomic E-state index is -0.737. The highest BCUT2D eigenvalue weighted by Gasteiger charge is 2.34. The van der Waals surface area contributed by atoms with Crippen molar-refractivity contribution in [3.8, 4) is 0 Å². The first-order chi connectivity index (χ1) is 27.0. The van der Waals surface area contributed by atoms with Crippen LogP contribution in [0.5, 0.6) is 0 Å². The van der Waals surface area contributed by atoms with E-state index in [9.17, 15) is 19.2 Å². The summed E-state index contributed by atoms with van der Waals surface area (Å²) < 4.78 is 0. The summed E-state index contributed by atoms with van der Waals surface area (Å²) in [5.74, 6) is -0.247. The van der Waals surface area contributed by atoms with Crippen LogP contribution in [0.4, 0.5) is 11.4 Å². The summed E-state index contributed by atoms with van der Waals surface area (Å²) >= 11 is 0. The van der Waals surface area contributed by atoms with E-state index in [1.54, 1.807) is 30.0 Å². The monoisotopic (exact) mass is 754 g/mol. The van der Waals surface area contributed by atoms with Gasteiger partial charge in [-0.15, -0.1) is 0 Å². The molecule has 0 spiro atoms. The molecule has 2 heterocycles. The average Bonchev–Trinajstić information content (AvgIpc) is 3.22. The second-order valence-corrected chi connectivity index (χ2v) is 15.0. The number of amides is 3. The van der Waals surface area contributed by atoms with E-state index in [0.717, 1.165) is 60.8 Å². The van der Waals surface area contributed by atoms with E-state index in [-0.39, 0.29) is 30.0 Å². The molecule has 0 aromatic heterocycles. The molecule has 0 N–H and O–H groups in total. The van der Waals surface area contributed by atoms with Crippen molar-refractivity contribution in [3.63, 3.8) is 0 Å². The molecule has 3 amide bonds. The van der Waals surface area contributed by atoms with Crippen LogP contribution in [0, 0.1) is 0 Å². The molecule has 56 heavy (non-hydrogen) atoms. The maximum atomic E-state index is 14.7. The Morgan fingerprint density at radius 1 is 0.661 bits per heavy atom. The van der Waals surface area contributed by atoms with E-state index >= 15 is 0 Å². The predicted molar refractivity (Wildman–Crippen MR) is 223 cm³/mol. The highest BCUT2D eigenvalue weighted by atomic mass is 16.2. The Morgan fingerprint density at radius 2 is 1.27 bits per heavy atom. The van der Waals surface area contributed by atoms with Gasteiger partial charge in [0.2, 0.25) is 17.7 Å². The van der Waals surface area contributed by atoms with Gasteiger partial charge in [-0.3, -0.25) is 24.1 Å².